The Bertz CT molecular complexity index is 471. The van der Waals surface area contributed by atoms with Gasteiger partial charge in [-0.15, -0.1) is 0 Å². The van der Waals surface area contributed by atoms with Crippen LogP contribution in [0.25, 0.3) is 0 Å². The Kier molecular flexibility index (Phi) is 12.1. The van der Waals surface area contributed by atoms with Crippen molar-refractivity contribution >= 4 is 11.9 Å². The Morgan fingerprint density at radius 1 is 1.00 bits per heavy atom. The first-order chi connectivity index (χ1) is 13.0. The molecule has 1 unspecified atom stereocenters. The molecule has 0 saturated carbocycles. The molecule has 1 heterocycles. The molecule has 1 aliphatic rings. The number of rotatable bonds is 16. The van der Waals surface area contributed by atoms with Crippen LogP contribution in [0.5, 0.6) is 0 Å². The number of hydrogen-bond donors (Lipinski definition) is 1. The highest BCUT2D eigenvalue weighted by molar-refractivity contribution is 5.91. The van der Waals surface area contributed by atoms with E-state index in [4.69, 9.17) is 9.47 Å². The van der Waals surface area contributed by atoms with E-state index in [0.29, 0.717) is 12.0 Å². The van der Waals surface area contributed by atoms with Crippen molar-refractivity contribution in [3.63, 3.8) is 0 Å². The topological polar surface area (TPSA) is 72.8 Å². The van der Waals surface area contributed by atoms with Crippen LogP contribution in [-0.4, -0.2) is 35.9 Å². The zero-order valence-corrected chi connectivity index (χ0v) is 17.3. The van der Waals surface area contributed by atoms with E-state index >= 15 is 0 Å². The van der Waals surface area contributed by atoms with Crippen molar-refractivity contribution in [2.45, 2.75) is 103 Å². The third-order valence-electron chi connectivity index (χ3n) is 5.08. The summed E-state index contributed by atoms with van der Waals surface area (Å²) in [6, 6.07) is 0. The highest BCUT2D eigenvalue weighted by Crippen LogP contribution is 2.28. The Hall–Kier alpha value is -1.36. The lowest BCUT2D eigenvalue weighted by molar-refractivity contribution is -0.162. The zero-order valence-electron chi connectivity index (χ0n) is 17.3. The van der Waals surface area contributed by atoms with E-state index in [2.05, 4.69) is 6.92 Å². The van der Waals surface area contributed by atoms with Gasteiger partial charge in [-0.3, -0.25) is 4.79 Å². The highest BCUT2D eigenvalue weighted by atomic mass is 16.6. The van der Waals surface area contributed by atoms with Crippen LogP contribution in [0.1, 0.15) is 97.3 Å². The molecule has 0 radical (unpaired) electrons. The predicted molar refractivity (Wildman–Crippen MR) is 106 cm³/mol. The van der Waals surface area contributed by atoms with Gasteiger partial charge >= 0.3 is 11.9 Å². The number of ether oxygens (including phenoxy) is 2. The second-order valence-electron chi connectivity index (χ2n) is 7.70. The molecule has 1 rings (SSSR count). The third kappa shape index (κ3) is 9.94. The first kappa shape index (κ1) is 23.7. The minimum Gasteiger partial charge on any atom is -0.461 e. The summed E-state index contributed by atoms with van der Waals surface area (Å²) >= 11 is 0. The van der Waals surface area contributed by atoms with Gasteiger partial charge < -0.3 is 14.6 Å². The van der Waals surface area contributed by atoms with E-state index in [9.17, 15) is 14.7 Å². The lowest BCUT2D eigenvalue weighted by atomic mass is 10.0. The normalized spacial score (nSPS) is 19.1. The van der Waals surface area contributed by atoms with Crippen molar-refractivity contribution in [3.05, 3.63) is 11.6 Å². The second-order valence-corrected chi connectivity index (χ2v) is 7.70. The number of unbranched alkanes of at least 4 members (excludes halogenated alkanes) is 11. The molecule has 1 atom stereocenters. The van der Waals surface area contributed by atoms with E-state index in [1.54, 1.807) is 6.08 Å². The quantitative estimate of drug-likeness (QED) is 0.305. The second kappa shape index (κ2) is 13.8. The van der Waals surface area contributed by atoms with E-state index < -0.39 is 17.5 Å². The van der Waals surface area contributed by atoms with Crippen molar-refractivity contribution in [1.29, 1.82) is 0 Å². The molecule has 27 heavy (non-hydrogen) atoms. The first-order valence-electron chi connectivity index (χ1n) is 10.7. The molecular weight excluding hydrogens is 344 g/mol. The van der Waals surface area contributed by atoms with E-state index in [1.807, 2.05) is 0 Å². The van der Waals surface area contributed by atoms with Gasteiger partial charge in [0.1, 0.15) is 6.61 Å². The van der Waals surface area contributed by atoms with Crippen LogP contribution in [0.3, 0.4) is 0 Å². The summed E-state index contributed by atoms with van der Waals surface area (Å²) in [5.74, 6) is -0.860. The first-order valence-corrected chi connectivity index (χ1v) is 10.7. The molecule has 1 aliphatic heterocycles. The van der Waals surface area contributed by atoms with Crippen molar-refractivity contribution < 1.29 is 24.2 Å². The van der Waals surface area contributed by atoms with Gasteiger partial charge in [0, 0.05) is 12.5 Å². The van der Waals surface area contributed by atoms with Gasteiger partial charge in [-0.05, 0) is 18.9 Å². The largest absolute Gasteiger partial charge is 0.461 e. The molecule has 0 fully saturated rings. The summed E-state index contributed by atoms with van der Waals surface area (Å²) in [7, 11) is 0. The smallest absolute Gasteiger partial charge is 0.334 e. The van der Waals surface area contributed by atoms with Crippen LogP contribution in [0.15, 0.2) is 11.6 Å². The number of aliphatic hydroxyl groups is 1. The van der Waals surface area contributed by atoms with Gasteiger partial charge in [0.25, 0.3) is 0 Å². The minimum absolute atomic E-state index is 0.132. The molecule has 0 spiro atoms. The Morgan fingerprint density at radius 2 is 1.52 bits per heavy atom. The highest BCUT2D eigenvalue weighted by Gasteiger charge is 2.40. The van der Waals surface area contributed by atoms with Crippen LogP contribution >= 0.6 is 0 Å². The van der Waals surface area contributed by atoms with Gasteiger partial charge in [-0.25, -0.2) is 4.79 Å². The Balaban J connectivity index is 2.11. The SMILES string of the molecule is CCCCCCCCCCCCCCC1=CC(CO)(COC(C)=O)OC1=O. The average Bonchev–Trinajstić information content (AvgIpc) is 2.97. The van der Waals surface area contributed by atoms with Gasteiger partial charge in [-0.1, -0.05) is 77.6 Å². The summed E-state index contributed by atoms with van der Waals surface area (Å²) in [6.07, 6.45) is 17.6. The fourth-order valence-electron chi connectivity index (χ4n) is 3.41. The van der Waals surface area contributed by atoms with Crippen LogP contribution in [-0.2, 0) is 19.1 Å². The van der Waals surface area contributed by atoms with E-state index in [-0.39, 0.29) is 13.2 Å². The molecule has 0 aromatic heterocycles. The molecule has 0 saturated heterocycles. The molecule has 156 valence electrons. The monoisotopic (exact) mass is 382 g/mol. The fraction of sp³-hybridized carbons (Fsp3) is 0.818. The lowest BCUT2D eigenvalue weighted by Crippen LogP contribution is -2.38. The molecule has 1 N–H and O–H groups in total. The standard InChI is InChI=1S/C22H38O5/c1-3-4-5-6-7-8-9-10-11-12-13-14-15-20-16-22(17-23,27-21(20)25)18-26-19(2)24/h16,23H,3-15,17-18H2,1-2H3. The van der Waals surface area contributed by atoms with Crippen LogP contribution in [0.2, 0.25) is 0 Å². The van der Waals surface area contributed by atoms with Gasteiger partial charge in [-0.2, -0.15) is 0 Å². The lowest BCUT2D eigenvalue weighted by Gasteiger charge is -2.22. The number of carbonyl (C=O) groups excluding carboxylic acids is 2. The van der Waals surface area contributed by atoms with Crippen LogP contribution in [0.4, 0.5) is 0 Å². The number of hydrogen-bond acceptors (Lipinski definition) is 5. The van der Waals surface area contributed by atoms with E-state index in [1.165, 1.54) is 71.1 Å². The molecule has 0 aliphatic carbocycles. The summed E-state index contributed by atoms with van der Waals surface area (Å²) in [4.78, 5) is 22.9. The molecular formula is C22H38O5. The Labute approximate surface area is 164 Å². The Morgan fingerprint density at radius 3 is 2.00 bits per heavy atom. The maximum absolute atomic E-state index is 12.0. The summed E-state index contributed by atoms with van der Waals surface area (Å²) in [5, 5.41) is 9.52. The summed E-state index contributed by atoms with van der Waals surface area (Å²) in [6.45, 7) is 3.03. The maximum Gasteiger partial charge on any atom is 0.334 e. The summed E-state index contributed by atoms with van der Waals surface area (Å²) in [5.41, 5.74) is -0.613. The molecule has 0 bridgehead atoms. The third-order valence-corrected chi connectivity index (χ3v) is 5.08. The average molecular weight is 383 g/mol. The number of carbonyl (C=O) groups is 2. The number of aliphatic hydroxyl groups excluding tert-OH is 1. The van der Waals surface area contributed by atoms with Crippen molar-refractivity contribution in [2.75, 3.05) is 13.2 Å². The summed E-state index contributed by atoms with van der Waals surface area (Å²) < 4.78 is 10.2. The molecule has 5 heteroatoms. The predicted octanol–water partition coefficient (Wildman–Crippen LogP) is 4.86. The molecule has 0 aromatic rings. The van der Waals surface area contributed by atoms with Crippen LogP contribution in [0, 0.1) is 0 Å². The minimum atomic E-state index is -1.20. The molecule has 0 amide bonds. The number of cyclic esters (lactones) is 1. The maximum atomic E-state index is 12.0. The van der Waals surface area contributed by atoms with Crippen molar-refractivity contribution in [1.82, 2.24) is 0 Å². The van der Waals surface area contributed by atoms with Gasteiger partial charge in [0.15, 0.2) is 5.60 Å². The fourth-order valence-corrected chi connectivity index (χ4v) is 3.41. The molecule has 0 aromatic carbocycles. The van der Waals surface area contributed by atoms with E-state index in [0.717, 1.165) is 12.8 Å². The van der Waals surface area contributed by atoms with Gasteiger partial charge in [0.05, 0.1) is 6.61 Å². The van der Waals surface area contributed by atoms with Gasteiger partial charge in [0.2, 0.25) is 0 Å². The zero-order chi connectivity index (χ0) is 20.0. The number of esters is 2. The molecule has 5 nitrogen and oxygen atoms in total. The van der Waals surface area contributed by atoms with Crippen molar-refractivity contribution in [3.8, 4) is 0 Å². The van der Waals surface area contributed by atoms with Crippen LogP contribution < -0.4 is 0 Å². The van der Waals surface area contributed by atoms with Crippen molar-refractivity contribution in [2.24, 2.45) is 0 Å².